The van der Waals surface area contributed by atoms with Gasteiger partial charge in [0.15, 0.2) is 11.6 Å². The molecule has 0 spiro atoms. The Hall–Kier alpha value is -1.22. The molecule has 0 heterocycles. The fourth-order valence-electron chi connectivity index (χ4n) is 1.05. The molecule has 70 valence electrons. The molecule has 1 aromatic rings. The zero-order valence-corrected chi connectivity index (χ0v) is 7.35. The molecule has 2 N–H and O–H groups in total. The molecule has 1 nitrogen and oxygen atoms in total. The maximum Gasteiger partial charge on any atom is 0.161 e. The van der Waals surface area contributed by atoms with Gasteiger partial charge in [0, 0.05) is 6.54 Å². The lowest BCUT2D eigenvalue weighted by molar-refractivity contribution is 0.503. The zero-order chi connectivity index (χ0) is 9.84. The summed E-state index contributed by atoms with van der Waals surface area (Å²) in [5, 5.41) is 0. The molecule has 3 heteroatoms. The topological polar surface area (TPSA) is 26.0 Å². The minimum atomic E-state index is -0.823. The first-order chi connectivity index (χ1) is 6.15. The summed E-state index contributed by atoms with van der Waals surface area (Å²) >= 11 is 0. The number of aryl methyl sites for hydroxylation is 1. The van der Waals surface area contributed by atoms with E-state index in [4.69, 9.17) is 5.73 Å². The fourth-order valence-corrected chi connectivity index (χ4v) is 1.05. The van der Waals surface area contributed by atoms with Gasteiger partial charge in [0.05, 0.1) is 0 Å². The van der Waals surface area contributed by atoms with Crippen molar-refractivity contribution in [2.75, 3.05) is 6.54 Å². The second-order valence-corrected chi connectivity index (χ2v) is 2.77. The standard InChI is InChI=1S/C10H11F2N/c1-7-5-8(3-2-4-13)6-9(11)10(7)12/h2-3,5-6H,4,13H2,1H3/b3-2+. The van der Waals surface area contributed by atoms with Crippen molar-refractivity contribution in [3.8, 4) is 0 Å². The lowest BCUT2D eigenvalue weighted by atomic mass is 10.1. The summed E-state index contributed by atoms with van der Waals surface area (Å²) < 4.78 is 25.6. The van der Waals surface area contributed by atoms with Crippen LogP contribution < -0.4 is 5.73 Å². The molecule has 0 saturated heterocycles. The molecule has 0 saturated carbocycles. The van der Waals surface area contributed by atoms with E-state index in [1.165, 1.54) is 6.92 Å². The number of rotatable bonds is 2. The SMILES string of the molecule is Cc1cc(/C=C/CN)cc(F)c1F. The number of hydrogen-bond donors (Lipinski definition) is 1. The highest BCUT2D eigenvalue weighted by atomic mass is 19.2. The van der Waals surface area contributed by atoms with E-state index >= 15 is 0 Å². The van der Waals surface area contributed by atoms with Crippen LogP contribution >= 0.6 is 0 Å². The van der Waals surface area contributed by atoms with Crippen molar-refractivity contribution in [2.24, 2.45) is 5.73 Å². The lowest BCUT2D eigenvalue weighted by Crippen LogP contribution is -1.93. The Morgan fingerprint density at radius 1 is 1.38 bits per heavy atom. The van der Waals surface area contributed by atoms with Crippen molar-refractivity contribution in [3.05, 3.63) is 41.0 Å². The third kappa shape index (κ3) is 2.36. The molecule has 0 amide bonds. The van der Waals surface area contributed by atoms with Crippen molar-refractivity contribution < 1.29 is 8.78 Å². The molecule has 1 rings (SSSR count). The first kappa shape index (κ1) is 9.86. The van der Waals surface area contributed by atoms with Gasteiger partial charge in [0.2, 0.25) is 0 Å². The molecule has 1 aromatic carbocycles. The summed E-state index contributed by atoms with van der Waals surface area (Å²) in [6.07, 6.45) is 3.35. The van der Waals surface area contributed by atoms with E-state index in [0.29, 0.717) is 17.7 Å². The Kier molecular flexibility index (Phi) is 3.14. The summed E-state index contributed by atoms with van der Waals surface area (Å²) in [7, 11) is 0. The molecular weight excluding hydrogens is 172 g/mol. The van der Waals surface area contributed by atoms with Crippen LogP contribution in [0.3, 0.4) is 0 Å². The smallest absolute Gasteiger partial charge is 0.161 e. The van der Waals surface area contributed by atoms with Gasteiger partial charge in [-0.25, -0.2) is 8.78 Å². The monoisotopic (exact) mass is 183 g/mol. The van der Waals surface area contributed by atoms with Gasteiger partial charge in [-0.3, -0.25) is 0 Å². The van der Waals surface area contributed by atoms with Gasteiger partial charge in [0.25, 0.3) is 0 Å². The van der Waals surface area contributed by atoms with E-state index in [9.17, 15) is 8.78 Å². The van der Waals surface area contributed by atoms with Gasteiger partial charge >= 0.3 is 0 Å². The van der Waals surface area contributed by atoms with E-state index in [2.05, 4.69) is 0 Å². The molecule has 0 aliphatic rings. The number of nitrogens with two attached hydrogens (primary N) is 1. The molecule has 13 heavy (non-hydrogen) atoms. The third-order valence-electron chi connectivity index (χ3n) is 1.68. The van der Waals surface area contributed by atoms with Crippen LogP contribution in [0.25, 0.3) is 6.08 Å². The zero-order valence-electron chi connectivity index (χ0n) is 7.35. The van der Waals surface area contributed by atoms with Crippen molar-refractivity contribution in [1.29, 1.82) is 0 Å². The molecule has 0 aromatic heterocycles. The van der Waals surface area contributed by atoms with Crippen LogP contribution in [-0.4, -0.2) is 6.54 Å². The van der Waals surface area contributed by atoms with Crippen molar-refractivity contribution in [1.82, 2.24) is 0 Å². The Morgan fingerprint density at radius 3 is 2.62 bits per heavy atom. The number of hydrogen-bond acceptors (Lipinski definition) is 1. The average molecular weight is 183 g/mol. The van der Waals surface area contributed by atoms with Crippen molar-refractivity contribution in [3.63, 3.8) is 0 Å². The van der Waals surface area contributed by atoms with E-state index in [-0.39, 0.29) is 0 Å². The summed E-state index contributed by atoms with van der Waals surface area (Å²) in [5.74, 6) is -1.61. The summed E-state index contributed by atoms with van der Waals surface area (Å²) in [6.45, 7) is 1.91. The summed E-state index contributed by atoms with van der Waals surface area (Å²) in [4.78, 5) is 0. The fraction of sp³-hybridized carbons (Fsp3) is 0.200. The van der Waals surface area contributed by atoms with Gasteiger partial charge in [-0.15, -0.1) is 0 Å². The van der Waals surface area contributed by atoms with Crippen LogP contribution in [0.4, 0.5) is 8.78 Å². The van der Waals surface area contributed by atoms with E-state index < -0.39 is 11.6 Å². The molecule has 0 bridgehead atoms. The highest BCUT2D eigenvalue weighted by Crippen LogP contribution is 2.14. The molecule has 0 fully saturated rings. The second kappa shape index (κ2) is 4.14. The second-order valence-electron chi connectivity index (χ2n) is 2.77. The summed E-state index contributed by atoms with van der Waals surface area (Å²) in [5.41, 5.74) is 6.16. The molecule has 0 atom stereocenters. The Bertz CT molecular complexity index is 309. The molecule has 0 unspecified atom stereocenters. The van der Waals surface area contributed by atoms with Gasteiger partial charge in [-0.05, 0) is 30.2 Å². The maximum absolute atomic E-state index is 12.8. The van der Waals surface area contributed by atoms with Gasteiger partial charge in [0.1, 0.15) is 0 Å². The minimum absolute atomic E-state index is 0.302. The quantitative estimate of drug-likeness (QED) is 0.747. The van der Waals surface area contributed by atoms with Crippen LogP contribution in [0.5, 0.6) is 0 Å². The van der Waals surface area contributed by atoms with Gasteiger partial charge in [-0.2, -0.15) is 0 Å². The highest BCUT2D eigenvalue weighted by Gasteiger charge is 2.05. The Balaban J connectivity index is 3.06. The van der Waals surface area contributed by atoms with Crippen molar-refractivity contribution in [2.45, 2.75) is 6.92 Å². The van der Waals surface area contributed by atoms with Gasteiger partial charge in [-0.1, -0.05) is 12.2 Å². The maximum atomic E-state index is 12.8. The molecule has 0 aliphatic heterocycles. The van der Waals surface area contributed by atoms with Crippen LogP contribution in [0.1, 0.15) is 11.1 Å². The average Bonchev–Trinajstić information content (AvgIpc) is 2.10. The normalized spacial score (nSPS) is 11.1. The van der Waals surface area contributed by atoms with E-state index in [1.807, 2.05) is 0 Å². The first-order valence-corrected chi connectivity index (χ1v) is 3.97. The molecular formula is C10H11F2N. The van der Waals surface area contributed by atoms with Crippen molar-refractivity contribution >= 4 is 6.08 Å². The molecule has 0 aliphatic carbocycles. The predicted molar refractivity (Wildman–Crippen MR) is 49.2 cm³/mol. The summed E-state index contributed by atoms with van der Waals surface area (Å²) in [6, 6.07) is 2.72. The number of halogens is 2. The van der Waals surface area contributed by atoms with Crippen LogP contribution in [0.2, 0.25) is 0 Å². The Morgan fingerprint density at radius 2 is 2.08 bits per heavy atom. The number of benzene rings is 1. The predicted octanol–water partition coefficient (Wildman–Crippen LogP) is 2.25. The largest absolute Gasteiger partial charge is 0.327 e. The molecule has 0 radical (unpaired) electrons. The van der Waals surface area contributed by atoms with E-state index in [1.54, 1.807) is 18.2 Å². The van der Waals surface area contributed by atoms with Crippen LogP contribution in [0.15, 0.2) is 18.2 Å². The van der Waals surface area contributed by atoms with E-state index in [0.717, 1.165) is 6.07 Å². The first-order valence-electron chi connectivity index (χ1n) is 3.97. The third-order valence-corrected chi connectivity index (χ3v) is 1.68. The van der Waals surface area contributed by atoms with Crippen LogP contribution in [-0.2, 0) is 0 Å². The highest BCUT2D eigenvalue weighted by molar-refractivity contribution is 5.50. The van der Waals surface area contributed by atoms with Crippen LogP contribution in [0, 0.1) is 18.6 Å². The van der Waals surface area contributed by atoms with Gasteiger partial charge < -0.3 is 5.73 Å². The lowest BCUT2D eigenvalue weighted by Gasteiger charge is -2.00. The Labute approximate surface area is 75.9 Å². The minimum Gasteiger partial charge on any atom is -0.327 e.